The van der Waals surface area contributed by atoms with Gasteiger partial charge in [-0.3, -0.25) is 18.6 Å². The molecule has 2 unspecified atom stereocenters. The average molecular weight is 1120 g/mol. The highest BCUT2D eigenvalue weighted by Gasteiger charge is 2.26. The number of carbonyl (C=O) groups is 2. The van der Waals surface area contributed by atoms with Crippen molar-refractivity contribution in [1.82, 2.24) is 0 Å². The predicted octanol–water partition coefficient (Wildman–Crippen LogP) is 21.2. The van der Waals surface area contributed by atoms with Gasteiger partial charge in [-0.1, -0.05) is 291 Å². The van der Waals surface area contributed by atoms with Crippen molar-refractivity contribution in [3.05, 3.63) is 97.2 Å². The van der Waals surface area contributed by atoms with Gasteiger partial charge >= 0.3 is 19.8 Å². The second-order valence-electron chi connectivity index (χ2n) is 21.6. The third kappa shape index (κ3) is 64.0. The van der Waals surface area contributed by atoms with Crippen molar-refractivity contribution in [3.63, 3.8) is 0 Å². The van der Waals surface area contributed by atoms with Crippen LogP contribution in [0.5, 0.6) is 0 Å². The molecule has 0 saturated carbocycles. The standard InChI is InChI=1S/C69H122NO8P/c1-3-5-7-9-11-13-15-17-19-21-23-25-26-27-28-29-30-31-32-33-34-35-36-37-38-39-40-42-44-46-48-50-52-54-56-58-60-62-69(72)78-67(66-77-79(73,74)76-64-63-70)65-75-68(71)61-59-57-55-53-51-49-47-45-43-41-24-22-20-18-16-14-12-10-8-6-4-2/h5-8,11-14,17-20,23-25,41,67H,3-4,9-10,15-16,21-22,26-40,42-66,70H2,1-2H3,(H,73,74)/b7-5-,8-6-,13-11-,14-12-,19-17-,20-18-,25-23-,41-24-. The van der Waals surface area contributed by atoms with Gasteiger partial charge in [0.15, 0.2) is 6.10 Å². The summed E-state index contributed by atoms with van der Waals surface area (Å²) in [7, 11) is -4.40. The van der Waals surface area contributed by atoms with Crippen LogP contribution in [-0.2, 0) is 32.7 Å². The third-order valence-corrected chi connectivity index (χ3v) is 14.9. The molecule has 0 rings (SSSR count). The molecular formula is C69H122NO8P. The lowest BCUT2D eigenvalue weighted by Gasteiger charge is -2.19. The second kappa shape index (κ2) is 64.1. The van der Waals surface area contributed by atoms with Crippen LogP contribution >= 0.6 is 7.82 Å². The van der Waals surface area contributed by atoms with Crippen molar-refractivity contribution in [1.29, 1.82) is 0 Å². The number of hydrogen-bond donors (Lipinski definition) is 2. The predicted molar refractivity (Wildman–Crippen MR) is 339 cm³/mol. The lowest BCUT2D eigenvalue weighted by atomic mass is 10.0. The summed E-state index contributed by atoms with van der Waals surface area (Å²) >= 11 is 0. The molecule has 0 radical (unpaired) electrons. The van der Waals surface area contributed by atoms with Gasteiger partial charge in [-0.2, -0.15) is 0 Å². The summed E-state index contributed by atoms with van der Waals surface area (Å²) in [4.78, 5) is 35.3. The number of unbranched alkanes of at least 4 members (excludes halogenated alkanes) is 32. The van der Waals surface area contributed by atoms with E-state index >= 15 is 0 Å². The Labute approximate surface area is 486 Å². The van der Waals surface area contributed by atoms with E-state index in [9.17, 15) is 19.0 Å². The minimum absolute atomic E-state index is 0.0501. The van der Waals surface area contributed by atoms with Gasteiger partial charge in [-0.05, 0) is 89.9 Å². The molecule has 0 bridgehead atoms. The zero-order chi connectivity index (χ0) is 57.3. The highest BCUT2D eigenvalue weighted by atomic mass is 31.2. The highest BCUT2D eigenvalue weighted by Crippen LogP contribution is 2.43. The Bertz CT molecular complexity index is 1610. The first-order valence-electron chi connectivity index (χ1n) is 32.7. The molecule has 0 aromatic carbocycles. The van der Waals surface area contributed by atoms with Crippen LogP contribution in [0, 0.1) is 0 Å². The summed E-state index contributed by atoms with van der Waals surface area (Å²) < 4.78 is 33.1. The number of phosphoric acid groups is 1. The number of allylic oxidation sites excluding steroid dienone is 16. The lowest BCUT2D eigenvalue weighted by Crippen LogP contribution is -2.29. The van der Waals surface area contributed by atoms with E-state index in [0.717, 1.165) is 103 Å². The molecule has 9 nitrogen and oxygen atoms in total. The summed E-state index contributed by atoms with van der Waals surface area (Å²) in [5.41, 5.74) is 5.39. The van der Waals surface area contributed by atoms with Crippen molar-refractivity contribution < 1.29 is 37.6 Å². The fourth-order valence-corrected chi connectivity index (χ4v) is 9.97. The van der Waals surface area contributed by atoms with Gasteiger partial charge in [0, 0.05) is 19.4 Å². The van der Waals surface area contributed by atoms with E-state index < -0.39 is 26.5 Å². The summed E-state index contributed by atoms with van der Waals surface area (Å²) in [5.74, 6) is -0.829. The number of carbonyl (C=O) groups excluding carboxylic acids is 2. The Hall–Kier alpha value is -3.07. The van der Waals surface area contributed by atoms with Crippen molar-refractivity contribution >= 4 is 19.8 Å². The van der Waals surface area contributed by atoms with Crippen LogP contribution < -0.4 is 5.73 Å². The Morgan fingerprint density at radius 2 is 0.658 bits per heavy atom. The number of hydrogen-bond acceptors (Lipinski definition) is 8. The molecule has 0 fully saturated rings. The molecule has 456 valence electrons. The van der Waals surface area contributed by atoms with E-state index in [1.54, 1.807) is 0 Å². The first kappa shape index (κ1) is 75.9. The molecule has 3 N–H and O–H groups in total. The van der Waals surface area contributed by atoms with Gasteiger partial charge in [-0.25, -0.2) is 4.57 Å². The molecule has 0 aromatic rings. The SMILES string of the molecule is CC/C=C\C/C=C\C/C=C\C/C=C\CCCCCCCCCCCCCCCCCCCCCCCCCCC(=O)OC(COC(=O)CCCCCCCCCC/C=C\C/C=C\C/C=C\C/C=C\CC)COP(=O)(O)OCCN. The fraction of sp³-hybridized carbons (Fsp3) is 0.739. The molecule has 0 aromatic heterocycles. The Morgan fingerprint density at radius 3 is 0.975 bits per heavy atom. The summed E-state index contributed by atoms with van der Waals surface area (Å²) in [6.45, 7) is 3.54. The zero-order valence-corrected chi connectivity index (χ0v) is 52.0. The summed E-state index contributed by atoms with van der Waals surface area (Å²) in [6, 6.07) is 0. The quantitative estimate of drug-likeness (QED) is 0.0264. The Kier molecular flexibility index (Phi) is 61.6. The lowest BCUT2D eigenvalue weighted by molar-refractivity contribution is -0.161. The number of esters is 2. The number of phosphoric ester groups is 1. The van der Waals surface area contributed by atoms with Crippen LogP contribution in [0.15, 0.2) is 97.2 Å². The average Bonchev–Trinajstić information content (AvgIpc) is 3.44. The molecule has 0 aliphatic carbocycles. The molecule has 0 spiro atoms. The zero-order valence-electron chi connectivity index (χ0n) is 51.1. The van der Waals surface area contributed by atoms with E-state index in [1.807, 2.05) is 0 Å². The maximum absolute atomic E-state index is 12.7. The van der Waals surface area contributed by atoms with Gasteiger partial charge in [0.25, 0.3) is 0 Å². The molecule has 0 aliphatic heterocycles. The summed E-state index contributed by atoms with van der Waals surface area (Å²) in [6.07, 6.45) is 86.4. The smallest absolute Gasteiger partial charge is 0.462 e. The van der Waals surface area contributed by atoms with E-state index in [2.05, 4.69) is 111 Å². The van der Waals surface area contributed by atoms with E-state index in [-0.39, 0.29) is 38.6 Å². The minimum atomic E-state index is -4.40. The van der Waals surface area contributed by atoms with Crippen molar-refractivity contribution in [2.45, 2.75) is 302 Å². The first-order chi connectivity index (χ1) is 38.8. The van der Waals surface area contributed by atoms with Crippen molar-refractivity contribution in [2.24, 2.45) is 5.73 Å². The monoisotopic (exact) mass is 1120 g/mol. The van der Waals surface area contributed by atoms with Gasteiger partial charge in [-0.15, -0.1) is 0 Å². The number of rotatable bonds is 61. The van der Waals surface area contributed by atoms with E-state index in [4.69, 9.17) is 24.3 Å². The third-order valence-electron chi connectivity index (χ3n) is 14.0. The molecule has 10 heteroatoms. The minimum Gasteiger partial charge on any atom is -0.462 e. The van der Waals surface area contributed by atoms with E-state index in [1.165, 1.54) is 161 Å². The van der Waals surface area contributed by atoms with Crippen LogP contribution in [0.4, 0.5) is 0 Å². The van der Waals surface area contributed by atoms with Crippen LogP contribution in [0.2, 0.25) is 0 Å². The Balaban J connectivity index is 3.84. The van der Waals surface area contributed by atoms with Gasteiger partial charge in [0.2, 0.25) is 0 Å². The molecule has 0 aliphatic rings. The molecular weight excluding hydrogens is 1000 g/mol. The van der Waals surface area contributed by atoms with Crippen molar-refractivity contribution in [3.8, 4) is 0 Å². The van der Waals surface area contributed by atoms with Gasteiger partial charge < -0.3 is 20.1 Å². The molecule has 2 atom stereocenters. The number of ether oxygens (including phenoxy) is 2. The largest absolute Gasteiger partial charge is 0.472 e. The van der Waals surface area contributed by atoms with Crippen molar-refractivity contribution in [2.75, 3.05) is 26.4 Å². The van der Waals surface area contributed by atoms with Crippen LogP contribution in [0.1, 0.15) is 296 Å². The maximum atomic E-state index is 12.7. The molecule has 79 heavy (non-hydrogen) atoms. The van der Waals surface area contributed by atoms with Crippen LogP contribution in [-0.4, -0.2) is 49.3 Å². The highest BCUT2D eigenvalue weighted by molar-refractivity contribution is 7.47. The summed E-state index contributed by atoms with van der Waals surface area (Å²) in [5, 5.41) is 0. The van der Waals surface area contributed by atoms with Crippen LogP contribution in [0.25, 0.3) is 0 Å². The Morgan fingerprint density at radius 1 is 0.380 bits per heavy atom. The molecule has 0 heterocycles. The second-order valence-corrected chi connectivity index (χ2v) is 23.0. The molecule has 0 saturated heterocycles. The topological polar surface area (TPSA) is 134 Å². The van der Waals surface area contributed by atoms with Gasteiger partial charge in [0.1, 0.15) is 6.61 Å². The van der Waals surface area contributed by atoms with Crippen LogP contribution in [0.3, 0.4) is 0 Å². The number of nitrogens with two attached hydrogens (primary N) is 1. The first-order valence-corrected chi connectivity index (χ1v) is 34.2. The maximum Gasteiger partial charge on any atom is 0.472 e. The van der Waals surface area contributed by atoms with Gasteiger partial charge in [0.05, 0.1) is 13.2 Å². The fourth-order valence-electron chi connectivity index (χ4n) is 9.21. The molecule has 0 amide bonds. The van der Waals surface area contributed by atoms with E-state index in [0.29, 0.717) is 6.42 Å². The normalized spacial score (nSPS) is 13.6.